The molecule has 0 radical (unpaired) electrons. The Bertz CT molecular complexity index is 965. The van der Waals surface area contributed by atoms with Crippen LogP contribution in [-0.2, 0) is 0 Å². The minimum atomic E-state index is -1.14. The number of hydrogen-bond donors (Lipinski definition) is 0. The molecule has 0 aromatic carbocycles. The molecular formula is C19H14BNS3. The third-order valence-electron chi connectivity index (χ3n) is 4.81. The number of thiophene rings is 3. The molecule has 0 spiro atoms. The Morgan fingerprint density at radius 2 is 1.42 bits per heavy atom. The fraction of sp³-hybridized carbons (Fsp3) is 0. The normalized spacial score (nSPS) is 15.2. The Labute approximate surface area is 153 Å². The fourth-order valence-electron chi connectivity index (χ4n) is 3.87. The quantitative estimate of drug-likeness (QED) is 0.487. The van der Waals surface area contributed by atoms with Crippen molar-refractivity contribution >= 4 is 61.4 Å². The maximum atomic E-state index is 2.49. The van der Waals surface area contributed by atoms with Crippen molar-refractivity contribution in [1.82, 2.24) is 0 Å². The summed E-state index contributed by atoms with van der Waals surface area (Å²) in [6.07, 6.45) is 3.48. The maximum Gasteiger partial charge on any atom is 0.380 e. The lowest BCUT2D eigenvalue weighted by Crippen LogP contribution is -2.76. The largest absolute Gasteiger partial charge is 0.408 e. The Morgan fingerprint density at radius 1 is 0.708 bits per heavy atom. The van der Waals surface area contributed by atoms with Crippen molar-refractivity contribution in [2.75, 3.05) is 0 Å². The Morgan fingerprint density at radius 3 is 2.04 bits per heavy atom. The molecule has 24 heavy (non-hydrogen) atoms. The van der Waals surface area contributed by atoms with Gasteiger partial charge < -0.3 is 4.48 Å². The molecule has 0 fully saturated rings. The average Bonchev–Trinajstić information content (AvgIpc) is 3.41. The van der Waals surface area contributed by atoms with E-state index in [0.717, 1.165) is 0 Å². The molecule has 0 aliphatic carbocycles. The van der Waals surface area contributed by atoms with Gasteiger partial charge in [0.25, 0.3) is 0 Å². The SMILES string of the molecule is C1=C(c2cccs2)[B-](c2cccs2)(c2cccs2)[n+]2ccccc21. The van der Waals surface area contributed by atoms with Gasteiger partial charge >= 0.3 is 6.28 Å². The Kier molecular flexibility index (Phi) is 3.33. The van der Waals surface area contributed by atoms with Gasteiger partial charge in [-0.3, -0.25) is 0 Å². The first kappa shape index (κ1) is 14.4. The van der Waals surface area contributed by atoms with Crippen LogP contribution in [0.2, 0.25) is 0 Å². The van der Waals surface area contributed by atoms with Crippen LogP contribution in [0.15, 0.2) is 76.9 Å². The van der Waals surface area contributed by atoms with Crippen LogP contribution in [0.3, 0.4) is 0 Å². The monoisotopic (exact) mass is 363 g/mol. The first-order chi connectivity index (χ1) is 11.9. The van der Waals surface area contributed by atoms with Gasteiger partial charge in [-0.1, -0.05) is 46.0 Å². The van der Waals surface area contributed by atoms with E-state index in [1.54, 1.807) is 0 Å². The van der Waals surface area contributed by atoms with Crippen LogP contribution in [-0.4, -0.2) is 6.28 Å². The fourth-order valence-corrected chi connectivity index (χ4v) is 6.85. The van der Waals surface area contributed by atoms with E-state index >= 15 is 0 Å². The molecule has 0 N–H and O–H groups in total. The highest BCUT2D eigenvalue weighted by Gasteiger charge is 2.50. The molecule has 0 atom stereocenters. The number of aromatic nitrogens is 1. The molecular weight excluding hydrogens is 349 g/mol. The highest BCUT2D eigenvalue weighted by Crippen LogP contribution is 2.34. The van der Waals surface area contributed by atoms with Gasteiger partial charge in [0.2, 0.25) is 0 Å². The summed E-state index contributed by atoms with van der Waals surface area (Å²) >= 11 is 5.55. The molecule has 4 aromatic rings. The molecule has 116 valence electrons. The summed E-state index contributed by atoms with van der Waals surface area (Å²) in [7, 11) is 0. The van der Waals surface area contributed by atoms with Crippen LogP contribution in [0.25, 0.3) is 11.5 Å². The van der Waals surface area contributed by atoms with E-state index in [2.05, 4.69) is 87.5 Å². The lowest BCUT2D eigenvalue weighted by Gasteiger charge is -2.32. The van der Waals surface area contributed by atoms with Crippen molar-refractivity contribution in [2.45, 2.75) is 0 Å². The third kappa shape index (κ3) is 1.89. The van der Waals surface area contributed by atoms with Crippen molar-refractivity contribution in [3.05, 3.63) is 87.5 Å². The van der Waals surface area contributed by atoms with Gasteiger partial charge in [-0.05, 0) is 39.2 Å². The molecule has 1 aliphatic heterocycles. The predicted octanol–water partition coefficient (Wildman–Crippen LogP) is 3.86. The van der Waals surface area contributed by atoms with E-state index in [1.807, 2.05) is 34.0 Å². The van der Waals surface area contributed by atoms with Crippen molar-refractivity contribution in [3.63, 3.8) is 0 Å². The van der Waals surface area contributed by atoms with Crippen molar-refractivity contribution in [2.24, 2.45) is 0 Å². The van der Waals surface area contributed by atoms with E-state index in [0.29, 0.717) is 0 Å². The van der Waals surface area contributed by atoms with Crippen LogP contribution in [0.1, 0.15) is 10.6 Å². The Hall–Kier alpha value is -1.95. The second-order valence-electron chi connectivity index (χ2n) is 5.96. The lowest BCUT2D eigenvalue weighted by atomic mass is 9.29. The zero-order valence-electron chi connectivity index (χ0n) is 12.8. The average molecular weight is 363 g/mol. The van der Waals surface area contributed by atoms with Crippen LogP contribution >= 0.6 is 34.0 Å². The standard InChI is InChI=1S/C19H14BNS3/c1-2-10-21-15(6-1)14-16(17-7-3-11-22-17)20(21,18-8-4-12-23-18)19-9-5-13-24-19/h1-14H. The Balaban J connectivity index is 1.91. The van der Waals surface area contributed by atoms with Crippen molar-refractivity contribution in [1.29, 1.82) is 0 Å². The number of fused-ring (bicyclic) bond motifs is 1. The molecule has 0 saturated carbocycles. The molecule has 4 aromatic heterocycles. The maximum absolute atomic E-state index is 2.49. The van der Waals surface area contributed by atoms with E-state index in [4.69, 9.17) is 0 Å². The van der Waals surface area contributed by atoms with Gasteiger partial charge in [0.05, 0.1) is 0 Å². The number of rotatable bonds is 3. The highest BCUT2D eigenvalue weighted by molar-refractivity contribution is 7.39. The van der Waals surface area contributed by atoms with Crippen LogP contribution in [0, 0.1) is 0 Å². The van der Waals surface area contributed by atoms with Gasteiger partial charge in [0.1, 0.15) is 11.9 Å². The zero-order chi connectivity index (χ0) is 16.0. The molecule has 0 unspecified atom stereocenters. The number of nitrogens with zero attached hydrogens (tertiary/aromatic N) is 1. The molecule has 1 nitrogen and oxygen atoms in total. The number of pyridine rings is 1. The van der Waals surface area contributed by atoms with Gasteiger partial charge in [-0.2, -0.15) is 22.7 Å². The van der Waals surface area contributed by atoms with Gasteiger partial charge in [0, 0.05) is 6.07 Å². The minimum Gasteiger partial charge on any atom is -0.408 e. The zero-order valence-corrected chi connectivity index (χ0v) is 15.3. The second kappa shape index (κ2) is 5.55. The van der Waals surface area contributed by atoms with E-state index in [1.165, 1.54) is 25.6 Å². The second-order valence-corrected chi connectivity index (χ2v) is 8.87. The predicted molar refractivity (Wildman–Crippen MR) is 108 cm³/mol. The summed E-state index contributed by atoms with van der Waals surface area (Å²) < 4.78 is 5.34. The molecule has 5 rings (SSSR count). The number of hydrogen-bond acceptors (Lipinski definition) is 3. The summed E-state index contributed by atoms with van der Waals surface area (Å²) in [5.74, 6) is 0. The van der Waals surface area contributed by atoms with Crippen molar-refractivity contribution in [3.8, 4) is 0 Å². The smallest absolute Gasteiger partial charge is 0.380 e. The molecule has 5 heterocycles. The molecule has 1 aliphatic rings. The minimum absolute atomic E-state index is 1.14. The highest BCUT2D eigenvalue weighted by atomic mass is 32.1. The summed E-state index contributed by atoms with van der Waals surface area (Å²) in [5, 5.41) is 6.56. The van der Waals surface area contributed by atoms with Crippen LogP contribution in [0.4, 0.5) is 0 Å². The summed E-state index contributed by atoms with van der Waals surface area (Å²) in [5.41, 5.74) is 2.71. The van der Waals surface area contributed by atoms with Crippen molar-refractivity contribution < 1.29 is 4.48 Å². The van der Waals surface area contributed by atoms with E-state index in [-0.39, 0.29) is 0 Å². The van der Waals surface area contributed by atoms with E-state index in [9.17, 15) is 0 Å². The summed E-state index contributed by atoms with van der Waals surface area (Å²) in [4.78, 5) is 1.36. The first-order valence-electron chi connectivity index (χ1n) is 7.91. The molecule has 0 amide bonds. The topological polar surface area (TPSA) is 3.88 Å². The molecule has 5 heteroatoms. The van der Waals surface area contributed by atoms with Gasteiger partial charge in [-0.25, -0.2) is 0 Å². The van der Waals surface area contributed by atoms with Gasteiger partial charge in [0.15, 0.2) is 0 Å². The first-order valence-corrected chi connectivity index (χ1v) is 10.5. The van der Waals surface area contributed by atoms with Crippen LogP contribution in [0.5, 0.6) is 0 Å². The van der Waals surface area contributed by atoms with E-state index < -0.39 is 6.28 Å². The lowest BCUT2D eigenvalue weighted by molar-refractivity contribution is -0.538. The van der Waals surface area contributed by atoms with Crippen LogP contribution < -0.4 is 14.0 Å². The molecule has 0 saturated heterocycles. The molecule has 0 bridgehead atoms. The summed E-state index contributed by atoms with van der Waals surface area (Å²) in [6.45, 7) is 0. The van der Waals surface area contributed by atoms with Gasteiger partial charge in [-0.15, -0.1) is 16.8 Å². The third-order valence-corrected chi connectivity index (χ3v) is 7.81. The summed E-state index contributed by atoms with van der Waals surface area (Å²) in [6, 6.07) is 19.8.